The van der Waals surface area contributed by atoms with Crippen LogP contribution in [0.3, 0.4) is 0 Å². The molecule has 2 aromatic carbocycles. The van der Waals surface area contributed by atoms with Crippen molar-refractivity contribution in [1.82, 2.24) is 10.6 Å². The maximum Gasteiger partial charge on any atom is 0.124 e. The molecule has 2 aromatic rings. The summed E-state index contributed by atoms with van der Waals surface area (Å²) in [6.07, 6.45) is 4.64. The summed E-state index contributed by atoms with van der Waals surface area (Å²) >= 11 is 0. The molecule has 27 heavy (non-hydrogen) atoms. The Morgan fingerprint density at radius 2 is 1.37 bits per heavy atom. The Balaban J connectivity index is 1.61. The fourth-order valence-corrected chi connectivity index (χ4v) is 3.92. The predicted octanol–water partition coefficient (Wildman–Crippen LogP) is 3.06. The van der Waals surface area contributed by atoms with Gasteiger partial charge in [0.2, 0.25) is 0 Å². The van der Waals surface area contributed by atoms with E-state index in [1.54, 1.807) is 0 Å². The van der Waals surface area contributed by atoms with Crippen LogP contribution in [-0.2, 0) is 19.6 Å². The number of nitrogens with one attached hydrogen (secondary N) is 2. The molecule has 0 heterocycles. The second kappa shape index (κ2) is 9.22. The molecule has 2 unspecified atom stereocenters. The van der Waals surface area contributed by atoms with E-state index in [0.717, 1.165) is 35.1 Å². The van der Waals surface area contributed by atoms with E-state index in [4.69, 9.17) is 5.73 Å². The highest BCUT2D eigenvalue weighted by molar-refractivity contribution is 5.40. The summed E-state index contributed by atoms with van der Waals surface area (Å²) in [6, 6.07) is 12.3. The Hall–Kier alpha value is -2.08. The Bertz CT molecular complexity index is 763. The minimum Gasteiger partial charge on any atom is -0.507 e. The Morgan fingerprint density at radius 3 is 1.96 bits per heavy atom. The molecular weight excluding hydrogens is 338 g/mol. The van der Waals surface area contributed by atoms with Crippen molar-refractivity contribution in [2.75, 3.05) is 0 Å². The lowest BCUT2D eigenvalue weighted by Gasteiger charge is -2.33. The Kier molecular flexibility index (Phi) is 6.72. The third kappa shape index (κ3) is 4.80. The topological polar surface area (TPSA) is 90.5 Å². The molecule has 146 valence electrons. The van der Waals surface area contributed by atoms with E-state index in [-0.39, 0.29) is 0 Å². The lowest BCUT2D eigenvalue weighted by atomic mass is 9.89. The van der Waals surface area contributed by atoms with Gasteiger partial charge in [0, 0.05) is 48.4 Å². The average molecular weight is 370 g/mol. The van der Waals surface area contributed by atoms with Crippen LogP contribution in [0, 0.1) is 6.92 Å². The first kappa shape index (κ1) is 19.7. The third-order valence-corrected chi connectivity index (χ3v) is 5.62. The molecule has 0 aliphatic heterocycles. The zero-order valence-electron chi connectivity index (χ0n) is 16.0. The molecule has 0 spiro atoms. The Morgan fingerprint density at radius 1 is 0.852 bits per heavy atom. The van der Waals surface area contributed by atoms with Crippen molar-refractivity contribution in [1.29, 1.82) is 0 Å². The van der Waals surface area contributed by atoms with Gasteiger partial charge in [-0.3, -0.25) is 0 Å². The van der Waals surface area contributed by atoms with Gasteiger partial charge in [-0.05, 0) is 25.3 Å². The van der Waals surface area contributed by atoms with Gasteiger partial charge in [0.05, 0.1) is 0 Å². The quantitative estimate of drug-likeness (QED) is 0.517. The van der Waals surface area contributed by atoms with Crippen molar-refractivity contribution < 1.29 is 10.2 Å². The van der Waals surface area contributed by atoms with Crippen LogP contribution in [0.4, 0.5) is 0 Å². The number of aryl methyl sites for hydroxylation is 1. The minimum absolute atomic E-state index is 0.303. The number of hydrogen-bond acceptors (Lipinski definition) is 5. The van der Waals surface area contributed by atoms with E-state index in [0.29, 0.717) is 43.2 Å². The number of rotatable bonds is 7. The maximum atomic E-state index is 10.3. The van der Waals surface area contributed by atoms with Gasteiger partial charge in [-0.15, -0.1) is 0 Å². The van der Waals surface area contributed by atoms with Gasteiger partial charge >= 0.3 is 0 Å². The van der Waals surface area contributed by atoms with E-state index in [2.05, 4.69) is 10.6 Å². The van der Waals surface area contributed by atoms with Crippen LogP contribution in [0.25, 0.3) is 0 Å². The van der Waals surface area contributed by atoms with Gasteiger partial charge in [0.25, 0.3) is 0 Å². The van der Waals surface area contributed by atoms with E-state index >= 15 is 0 Å². The lowest BCUT2D eigenvalue weighted by molar-refractivity contribution is 0.279. The number of benzene rings is 2. The second-order valence-electron chi connectivity index (χ2n) is 7.47. The summed E-state index contributed by atoms with van der Waals surface area (Å²) in [7, 11) is 0. The lowest BCUT2D eigenvalue weighted by Crippen LogP contribution is -2.49. The number of para-hydroxylation sites is 2. The molecule has 3 rings (SSSR count). The number of hydrogen-bond donors (Lipinski definition) is 5. The van der Waals surface area contributed by atoms with Crippen molar-refractivity contribution in [2.24, 2.45) is 5.73 Å². The van der Waals surface area contributed by atoms with Crippen molar-refractivity contribution >= 4 is 0 Å². The van der Waals surface area contributed by atoms with Crippen LogP contribution in [0.2, 0.25) is 0 Å². The smallest absolute Gasteiger partial charge is 0.124 e. The van der Waals surface area contributed by atoms with Gasteiger partial charge in [-0.2, -0.15) is 0 Å². The average Bonchev–Trinajstić information content (AvgIpc) is 2.69. The number of nitrogens with two attached hydrogens (primary N) is 1. The number of phenols is 2. The molecule has 2 atom stereocenters. The first-order valence-electron chi connectivity index (χ1n) is 9.84. The molecule has 0 aromatic heterocycles. The summed E-state index contributed by atoms with van der Waals surface area (Å²) in [5.41, 5.74) is 9.20. The third-order valence-electron chi connectivity index (χ3n) is 5.62. The summed E-state index contributed by atoms with van der Waals surface area (Å²) < 4.78 is 0. The normalized spacial score (nSPS) is 19.9. The largest absolute Gasteiger partial charge is 0.507 e. The molecule has 1 aliphatic carbocycles. The van der Waals surface area contributed by atoms with Crippen LogP contribution in [-0.4, -0.2) is 22.3 Å². The molecule has 1 fully saturated rings. The van der Waals surface area contributed by atoms with E-state index in [1.165, 1.54) is 12.8 Å². The highest BCUT2D eigenvalue weighted by Crippen LogP contribution is 2.25. The standard InChI is InChI=1S/C22H31N3O2/c1-15-6-4-8-17(21(15)26)13-24-19-10-2-3-11-20(19)25-14-18-9-5-7-16(12-23)22(18)27/h4-9,19-20,24-27H,2-3,10-14,23H2,1H3. The van der Waals surface area contributed by atoms with Crippen molar-refractivity contribution in [3.63, 3.8) is 0 Å². The molecule has 5 heteroatoms. The van der Waals surface area contributed by atoms with Crippen molar-refractivity contribution in [3.05, 3.63) is 58.7 Å². The first-order chi connectivity index (χ1) is 13.1. The fourth-order valence-electron chi connectivity index (χ4n) is 3.92. The summed E-state index contributed by atoms with van der Waals surface area (Å²) in [4.78, 5) is 0. The molecule has 1 aliphatic rings. The Labute approximate surface area is 161 Å². The number of aromatic hydroxyl groups is 2. The molecule has 6 N–H and O–H groups in total. The molecule has 1 saturated carbocycles. The zero-order valence-corrected chi connectivity index (χ0v) is 16.0. The highest BCUT2D eigenvalue weighted by Gasteiger charge is 2.24. The second-order valence-corrected chi connectivity index (χ2v) is 7.47. The summed E-state index contributed by atoms with van der Waals surface area (Å²) in [5.74, 6) is 0.686. The van der Waals surface area contributed by atoms with Crippen LogP contribution < -0.4 is 16.4 Å². The molecule has 0 bridgehead atoms. The molecule has 0 saturated heterocycles. The minimum atomic E-state index is 0.303. The van der Waals surface area contributed by atoms with Gasteiger partial charge in [0.1, 0.15) is 11.5 Å². The van der Waals surface area contributed by atoms with Gasteiger partial charge in [-0.1, -0.05) is 49.2 Å². The molecular formula is C22H31N3O2. The monoisotopic (exact) mass is 369 g/mol. The SMILES string of the molecule is Cc1cccc(CNC2CCCCC2NCc2cccc(CN)c2O)c1O. The molecule has 0 radical (unpaired) electrons. The fraction of sp³-hybridized carbons (Fsp3) is 0.455. The number of phenolic OH excluding ortho intramolecular Hbond substituents is 2. The maximum absolute atomic E-state index is 10.3. The molecule has 5 nitrogen and oxygen atoms in total. The van der Waals surface area contributed by atoms with E-state index in [9.17, 15) is 10.2 Å². The van der Waals surface area contributed by atoms with Crippen LogP contribution in [0.5, 0.6) is 11.5 Å². The van der Waals surface area contributed by atoms with Gasteiger partial charge in [0.15, 0.2) is 0 Å². The van der Waals surface area contributed by atoms with E-state index < -0.39 is 0 Å². The summed E-state index contributed by atoms with van der Waals surface area (Å²) in [6.45, 7) is 3.54. The summed E-state index contributed by atoms with van der Waals surface area (Å²) in [5, 5.41) is 27.8. The van der Waals surface area contributed by atoms with Crippen molar-refractivity contribution in [3.8, 4) is 11.5 Å². The van der Waals surface area contributed by atoms with Gasteiger partial charge in [-0.25, -0.2) is 0 Å². The van der Waals surface area contributed by atoms with Gasteiger partial charge < -0.3 is 26.6 Å². The predicted molar refractivity (Wildman–Crippen MR) is 109 cm³/mol. The first-order valence-corrected chi connectivity index (χ1v) is 9.84. The van der Waals surface area contributed by atoms with E-state index in [1.807, 2.05) is 43.3 Å². The van der Waals surface area contributed by atoms with Crippen LogP contribution in [0.1, 0.15) is 47.9 Å². The van der Waals surface area contributed by atoms with Crippen molar-refractivity contribution in [2.45, 2.75) is 64.3 Å². The zero-order chi connectivity index (χ0) is 19.2. The molecule has 0 amide bonds. The highest BCUT2D eigenvalue weighted by atomic mass is 16.3. The van der Waals surface area contributed by atoms with Crippen LogP contribution in [0.15, 0.2) is 36.4 Å². The van der Waals surface area contributed by atoms with Crippen LogP contribution >= 0.6 is 0 Å².